The third-order valence-corrected chi connectivity index (χ3v) is 1.33. The van der Waals surface area contributed by atoms with Crippen LogP contribution in [0.1, 0.15) is 12.8 Å². The van der Waals surface area contributed by atoms with Crippen molar-refractivity contribution in [3.63, 3.8) is 0 Å². The first-order valence-electron chi connectivity index (χ1n) is 2.24. The van der Waals surface area contributed by atoms with Crippen molar-refractivity contribution in [3.8, 4) is 0 Å². The Labute approximate surface area is 43.6 Å². The molecule has 36 valence electrons. The van der Waals surface area contributed by atoms with Crippen molar-refractivity contribution >= 4 is 12.9 Å². The molecule has 0 unspecified atom stereocenters. The first-order chi connectivity index (χ1) is 2.89. The van der Waals surface area contributed by atoms with Crippen molar-refractivity contribution < 1.29 is 3.81 Å². The van der Waals surface area contributed by atoms with Crippen molar-refractivity contribution in [2.45, 2.75) is 12.8 Å². The molecule has 0 spiro atoms. The third-order valence-electron chi connectivity index (χ3n) is 0.994. The maximum absolute atomic E-state index is 4.75. The zero-order chi connectivity index (χ0) is 4.41. The van der Waals surface area contributed by atoms with E-state index in [4.69, 9.17) is 12.9 Å². The Bertz CT molecular complexity index is 40.8. The van der Waals surface area contributed by atoms with Crippen molar-refractivity contribution in [2.75, 3.05) is 13.2 Å². The highest BCUT2D eigenvalue weighted by atomic mass is 32.1. The van der Waals surface area contributed by atoms with Gasteiger partial charge in [0.1, 0.15) is 13.2 Å². The fourth-order valence-electron chi connectivity index (χ4n) is 0.628. The highest BCUT2D eigenvalue weighted by Gasteiger charge is 2.04. The van der Waals surface area contributed by atoms with Crippen LogP contribution in [-0.4, -0.2) is 13.2 Å². The van der Waals surface area contributed by atoms with Crippen molar-refractivity contribution in [3.05, 3.63) is 0 Å². The van der Waals surface area contributed by atoms with Gasteiger partial charge < -0.3 is 16.7 Å². The first-order valence-corrected chi connectivity index (χ1v) is 2.58. The van der Waals surface area contributed by atoms with E-state index < -0.39 is 0 Å². The van der Waals surface area contributed by atoms with Crippen LogP contribution in [0.2, 0.25) is 0 Å². The van der Waals surface area contributed by atoms with Gasteiger partial charge in [0.05, 0.1) is 0 Å². The van der Waals surface area contributed by atoms with Gasteiger partial charge in [-0.1, -0.05) is 0 Å². The molecular formula is C4H8OS. The van der Waals surface area contributed by atoms with Gasteiger partial charge in [-0.25, -0.2) is 0 Å². The lowest BCUT2D eigenvalue weighted by atomic mass is 10.4. The molecule has 1 aliphatic rings. The number of hydrogen-bond acceptors (Lipinski definition) is 1. The van der Waals surface area contributed by atoms with Crippen LogP contribution in [0.15, 0.2) is 0 Å². The standard InChI is InChI=1S/C4H8OS/c6-5-3-1-2-4-5/h1-4H2. The molecule has 1 nitrogen and oxygen atoms in total. The zero-order valence-electron chi connectivity index (χ0n) is 3.64. The lowest BCUT2D eigenvalue weighted by Gasteiger charge is -2.13. The van der Waals surface area contributed by atoms with Gasteiger partial charge in [-0.15, -0.1) is 0 Å². The molecule has 6 heavy (non-hydrogen) atoms. The number of rotatable bonds is 0. The van der Waals surface area contributed by atoms with Crippen LogP contribution in [0.25, 0.3) is 0 Å². The topological polar surface area (TPSA) is 2.70 Å². The molecule has 0 aromatic heterocycles. The molecule has 0 radical (unpaired) electrons. The second kappa shape index (κ2) is 1.85. The number of hydrogen-bond donors (Lipinski definition) is 0. The summed E-state index contributed by atoms with van der Waals surface area (Å²) in [5.74, 6) is 0. The first kappa shape index (κ1) is 4.47. The molecule has 0 saturated carbocycles. The van der Waals surface area contributed by atoms with Crippen LogP contribution >= 0.6 is 0 Å². The zero-order valence-corrected chi connectivity index (χ0v) is 4.46. The maximum atomic E-state index is 4.75. The van der Waals surface area contributed by atoms with E-state index in [0.29, 0.717) is 0 Å². The van der Waals surface area contributed by atoms with E-state index in [1.165, 1.54) is 12.8 Å². The summed E-state index contributed by atoms with van der Waals surface area (Å²) in [6.45, 7) is 2.10. The predicted molar refractivity (Wildman–Crippen MR) is 27.4 cm³/mol. The molecule has 0 aliphatic carbocycles. The lowest BCUT2D eigenvalue weighted by molar-refractivity contribution is 0.100. The average Bonchev–Trinajstić information content (AvgIpc) is 1.86. The molecule has 0 aromatic rings. The molecule has 1 fully saturated rings. The Morgan fingerprint density at radius 3 is 1.83 bits per heavy atom. The maximum Gasteiger partial charge on any atom is 0.130 e. The average molecular weight is 104 g/mol. The van der Waals surface area contributed by atoms with Crippen LogP contribution in [0.5, 0.6) is 0 Å². The van der Waals surface area contributed by atoms with Crippen LogP contribution in [0.3, 0.4) is 0 Å². The van der Waals surface area contributed by atoms with Gasteiger partial charge in [-0.05, 0) is 0 Å². The molecule has 1 heterocycles. The summed E-state index contributed by atoms with van der Waals surface area (Å²) >= 11 is 4.75. The Balaban J connectivity index is 2.18. The summed E-state index contributed by atoms with van der Waals surface area (Å²) in [6, 6.07) is 0. The molecular weight excluding hydrogens is 96.1 g/mol. The Morgan fingerprint density at radius 2 is 1.67 bits per heavy atom. The van der Waals surface area contributed by atoms with Crippen LogP contribution < -0.4 is 0 Å². The second-order valence-electron chi connectivity index (χ2n) is 1.56. The van der Waals surface area contributed by atoms with Crippen LogP contribution in [0.4, 0.5) is 0 Å². The van der Waals surface area contributed by atoms with Gasteiger partial charge in [0.15, 0.2) is 0 Å². The van der Waals surface area contributed by atoms with E-state index in [9.17, 15) is 0 Å². The minimum Gasteiger partial charge on any atom is -0.535 e. The quantitative estimate of drug-likeness (QED) is 0.324. The smallest absolute Gasteiger partial charge is 0.130 e. The molecule has 0 aromatic carbocycles. The highest BCUT2D eigenvalue weighted by Crippen LogP contribution is 2.08. The highest BCUT2D eigenvalue weighted by molar-refractivity contribution is 7.53. The summed E-state index contributed by atoms with van der Waals surface area (Å²) in [5, 5.41) is 0. The van der Waals surface area contributed by atoms with Gasteiger partial charge in [-0.2, -0.15) is 0 Å². The monoisotopic (exact) mass is 104 g/mol. The Kier molecular flexibility index (Phi) is 1.37. The molecule has 1 rings (SSSR count). The van der Waals surface area contributed by atoms with Gasteiger partial charge in [0.2, 0.25) is 0 Å². The second-order valence-corrected chi connectivity index (χ2v) is 2.03. The van der Waals surface area contributed by atoms with E-state index in [0.717, 1.165) is 13.2 Å². The largest absolute Gasteiger partial charge is 0.535 e. The lowest BCUT2D eigenvalue weighted by Crippen LogP contribution is -1.96. The fourth-order valence-corrected chi connectivity index (χ4v) is 0.864. The molecule has 1 saturated heterocycles. The normalized spacial score (nSPS) is 25.5. The van der Waals surface area contributed by atoms with Gasteiger partial charge in [-0.3, -0.25) is 0 Å². The minimum atomic E-state index is 1.05. The molecule has 0 atom stereocenters. The summed E-state index contributed by atoms with van der Waals surface area (Å²) in [4.78, 5) is 0. The molecule has 0 bridgehead atoms. The van der Waals surface area contributed by atoms with E-state index in [1.54, 1.807) is 0 Å². The molecule has 0 amide bonds. The van der Waals surface area contributed by atoms with Crippen molar-refractivity contribution in [2.24, 2.45) is 0 Å². The van der Waals surface area contributed by atoms with Crippen LogP contribution in [0, 0.1) is 0 Å². The summed E-state index contributed by atoms with van der Waals surface area (Å²) in [5.41, 5.74) is 0. The van der Waals surface area contributed by atoms with E-state index >= 15 is 0 Å². The van der Waals surface area contributed by atoms with Crippen molar-refractivity contribution in [1.82, 2.24) is 0 Å². The van der Waals surface area contributed by atoms with Gasteiger partial charge in [0, 0.05) is 12.8 Å². The van der Waals surface area contributed by atoms with E-state index in [1.807, 2.05) is 0 Å². The van der Waals surface area contributed by atoms with Crippen molar-refractivity contribution in [1.29, 1.82) is 0 Å². The van der Waals surface area contributed by atoms with Crippen LogP contribution in [-0.2, 0) is 16.7 Å². The van der Waals surface area contributed by atoms with E-state index in [-0.39, 0.29) is 0 Å². The predicted octanol–water partition coefficient (Wildman–Crippen LogP) is 0.794. The fraction of sp³-hybridized carbons (Fsp3) is 1.00. The summed E-state index contributed by atoms with van der Waals surface area (Å²) in [6.07, 6.45) is 2.54. The minimum absolute atomic E-state index is 1.05. The summed E-state index contributed by atoms with van der Waals surface area (Å²) in [7, 11) is 0. The van der Waals surface area contributed by atoms with E-state index in [2.05, 4.69) is 3.81 Å². The molecule has 1 aliphatic heterocycles. The molecule has 0 N–H and O–H groups in total. The Hall–Kier alpha value is 0.310. The third kappa shape index (κ3) is 0.884. The SMILES string of the molecule is [S-][O+]1CCCC1. The van der Waals surface area contributed by atoms with Gasteiger partial charge >= 0.3 is 0 Å². The molecule has 2 heteroatoms. The summed E-state index contributed by atoms with van der Waals surface area (Å²) < 4.78 is 2.60. The van der Waals surface area contributed by atoms with Gasteiger partial charge in [0.25, 0.3) is 0 Å². The Morgan fingerprint density at radius 1 is 1.17 bits per heavy atom.